The van der Waals surface area contributed by atoms with Crippen molar-refractivity contribution in [3.8, 4) is 0 Å². The number of fused-ring (bicyclic) bond motifs is 1. The van der Waals surface area contributed by atoms with Gasteiger partial charge in [0, 0.05) is 31.9 Å². The van der Waals surface area contributed by atoms with Gasteiger partial charge in [0.05, 0.1) is 11.8 Å². The van der Waals surface area contributed by atoms with Gasteiger partial charge in [-0.15, -0.1) is 0 Å². The standard InChI is InChI=1S/C18H18ClN3O3/c19-16-13(11-12-3-1-4-14(12)20-16)17(23)21-6-8-22(9-7-21)18(24)15-5-2-10-25-15/h2,5,10-11H,1,3-4,6-9H2. The van der Waals surface area contributed by atoms with Crippen LogP contribution >= 0.6 is 11.6 Å². The Balaban J connectivity index is 1.44. The van der Waals surface area contributed by atoms with E-state index in [4.69, 9.17) is 16.0 Å². The van der Waals surface area contributed by atoms with Crippen molar-refractivity contribution in [2.24, 2.45) is 0 Å². The van der Waals surface area contributed by atoms with Crippen LogP contribution in [0, 0.1) is 0 Å². The summed E-state index contributed by atoms with van der Waals surface area (Å²) in [7, 11) is 0. The molecule has 3 heterocycles. The average molecular weight is 360 g/mol. The van der Waals surface area contributed by atoms with Gasteiger partial charge in [-0.2, -0.15) is 0 Å². The van der Waals surface area contributed by atoms with Crippen LogP contribution in [0.5, 0.6) is 0 Å². The quantitative estimate of drug-likeness (QED) is 0.772. The number of carbonyl (C=O) groups excluding carboxylic acids is 2. The second kappa shape index (κ2) is 6.52. The summed E-state index contributed by atoms with van der Waals surface area (Å²) in [5.41, 5.74) is 2.60. The van der Waals surface area contributed by atoms with Crippen molar-refractivity contribution < 1.29 is 14.0 Å². The second-order valence-corrected chi connectivity index (χ2v) is 6.71. The van der Waals surface area contributed by atoms with Gasteiger partial charge in [-0.05, 0) is 43.0 Å². The topological polar surface area (TPSA) is 66.7 Å². The lowest BCUT2D eigenvalue weighted by Gasteiger charge is -2.34. The molecule has 1 saturated heterocycles. The summed E-state index contributed by atoms with van der Waals surface area (Å²) >= 11 is 6.23. The Morgan fingerprint density at radius 1 is 1.08 bits per heavy atom. The first kappa shape index (κ1) is 16.1. The van der Waals surface area contributed by atoms with Crippen LogP contribution in [0.25, 0.3) is 0 Å². The van der Waals surface area contributed by atoms with E-state index in [1.165, 1.54) is 6.26 Å². The van der Waals surface area contributed by atoms with E-state index in [-0.39, 0.29) is 17.0 Å². The first-order chi connectivity index (χ1) is 12.1. The molecule has 0 saturated carbocycles. The van der Waals surface area contributed by atoms with E-state index in [9.17, 15) is 9.59 Å². The highest BCUT2D eigenvalue weighted by Crippen LogP contribution is 2.26. The molecule has 0 bridgehead atoms. The molecule has 25 heavy (non-hydrogen) atoms. The number of amides is 2. The fourth-order valence-electron chi connectivity index (χ4n) is 3.44. The third-order valence-corrected chi connectivity index (χ3v) is 5.11. The first-order valence-electron chi connectivity index (χ1n) is 8.44. The van der Waals surface area contributed by atoms with Gasteiger partial charge >= 0.3 is 0 Å². The third-order valence-electron chi connectivity index (χ3n) is 4.82. The lowest BCUT2D eigenvalue weighted by Crippen LogP contribution is -2.50. The minimum atomic E-state index is -0.144. The van der Waals surface area contributed by atoms with E-state index in [0.717, 1.165) is 30.5 Å². The van der Waals surface area contributed by atoms with Gasteiger partial charge < -0.3 is 14.2 Å². The van der Waals surface area contributed by atoms with E-state index < -0.39 is 0 Å². The molecule has 2 aromatic rings. The predicted octanol–water partition coefficient (Wildman–Crippen LogP) is 2.41. The number of hydrogen-bond donors (Lipinski definition) is 0. The summed E-state index contributed by atoms with van der Waals surface area (Å²) in [5, 5.41) is 0.278. The molecule has 6 nitrogen and oxygen atoms in total. The lowest BCUT2D eigenvalue weighted by molar-refractivity contribution is 0.0518. The van der Waals surface area contributed by atoms with Gasteiger partial charge in [0.15, 0.2) is 5.76 Å². The maximum atomic E-state index is 12.8. The van der Waals surface area contributed by atoms with Crippen molar-refractivity contribution in [1.82, 2.24) is 14.8 Å². The van der Waals surface area contributed by atoms with E-state index in [1.54, 1.807) is 21.9 Å². The number of nitrogens with zero attached hydrogens (tertiary/aromatic N) is 3. The highest BCUT2D eigenvalue weighted by Gasteiger charge is 2.28. The molecule has 0 N–H and O–H groups in total. The van der Waals surface area contributed by atoms with Crippen molar-refractivity contribution in [2.75, 3.05) is 26.2 Å². The smallest absolute Gasteiger partial charge is 0.289 e. The molecule has 2 amide bonds. The number of aromatic nitrogens is 1. The van der Waals surface area contributed by atoms with Crippen molar-refractivity contribution in [2.45, 2.75) is 19.3 Å². The SMILES string of the molecule is O=C(c1ccco1)N1CCN(C(=O)c2cc3c(nc2Cl)CCC3)CC1. The van der Waals surface area contributed by atoms with E-state index >= 15 is 0 Å². The van der Waals surface area contributed by atoms with Gasteiger partial charge in [-0.1, -0.05) is 11.6 Å². The van der Waals surface area contributed by atoms with Crippen LogP contribution in [0.3, 0.4) is 0 Å². The van der Waals surface area contributed by atoms with Crippen molar-refractivity contribution in [3.05, 3.63) is 52.2 Å². The number of aryl methyl sites for hydroxylation is 2. The Morgan fingerprint density at radius 2 is 1.80 bits per heavy atom. The molecular weight excluding hydrogens is 342 g/mol. The molecule has 4 rings (SSSR count). The Bertz CT molecular complexity index is 811. The van der Waals surface area contributed by atoms with Crippen LogP contribution in [0.1, 0.15) is 38.6 Å². The zero-order valence-corrected chi connectivity index (χ0v) is 14.5. The summed E-state index contributed by atoms with van der Waals surface area (Å²) in [6.45, 7) is 1.89. The second-order valence-electron chi connectivity index (χ2n) is 6.35. The number of pyridine rings is 1. The van der Waals surface area contributed by atoms with Crippen molar-refractivity contribution in [1.29, 1.82) is 0 Å². The molecule has 7 heteroatoms. The third kappa shape index (κ3) is 3.02. The van der Waals surface area contributed by atoms with Crippen molar-refractivity contribution in [3.63, 3.8) is 0 Å². The fourth-order valence-corrected chi connectivity index (χ4v) is 3.67. The van der Waals surface area contributed by atoms with Crippen molar-refractivity contribution >= 4 is 23.4 Å². The summed E-state index contributed by atoms with van der Waals surface area (Å²) in [6.07, 6.45) is 4.42. The minimum absolute atomic E-state index is 0.114. The van der Waals surface area contributed by atoms with Crippen LogP contribution in [-0.2, 0) is 12.8 Å². The monoisotopic (exact) mass is 359 g/mol. The predicted molar refractivity (Wildman–Crippen MR) is 91.8 cm³/mol. The molecule has 0 radical (unpaired) electrons. The molecule has 0 unspecified atom stereocenters. The molecule has 0 aromatic carbocycles. The summed E-state index contributed by atoms with van der Waals surface area (Å²) in [4.78, 5) is 32.9. The zero-order valence-electron chi connectivity index (χ0n) is 13.7. The Kier molecular flexibility index (Phi) is 4.21. The maximum Gasteiger partial charge on any atom is 0.289 e. The molecule has 1 fully saturated rings. The fraction of sp³-hybridized carbons (Fsp3) is 0.389. The molecule has 2 aromatic heterocycles. The minimum Gasteiger partial charge on any atom is -0.459 e. The molecule has 1 aliphatic heterocycles. The largest absolute Gasteiger partial charge is 0.459 e. The lowest BCUT2D eigenvalue weighted by atomic mass is 10.1. The van der Waals surface area contributed by atoms with Gasteiger partial charge in [0.1, 0.15) is 5.15 Å². The molecule has 2 aliphatic rings. The zero-order chi connectivity index (χ0) is 17.4. The van der Waals surface area contributed by atoms with Crippen LogP contribution in [-0.4, -0.2) is 52.8 Å². The normalized spacial score (nSPS) is 16.8. The Hall–Kier alpha value is -2.34. The Morgan fingerprint density at radius 3 is 2.48 bits per heavy atom. The van der Waals surface area contributed by atoms with Crippen LogP contribution in [0.2, 0.25) is 5.15 Å². The summed E-state index contributed by atoms with van der Waals surface area (Å²) in [5.74, 6) is 0.0669. The van der Waals surface area contributed by atoms with Gasteiger partial charge in [-0.3, -0.25) is 9.59 Å². The molecule has 1 aliphatic carbocycles. The van der Waals surface area contributed by atoms with Crippen LogP contribution in [0.4, 0.5) is 0 Å². The first-order valence-corrected chi connectivity index (χ1v) is 8.81. The average Bonchev–Trinajstić information content (AvgIpc) is 3.31. The van der Waals surface area contributed by atoms with E-state index in [0.29, 0.717) is 37.5 Å². The number of carbonyl (C=O) groups is 2. The molecule has 0 atom stereocenters. The highest BCUT2D eigenvalue weighted by atomic mass is 35.5. The van der Waals surface area contributed by atoms with E-state index in [2.05, 4.69) is 4.98 Å². The molecule has 0 spiro atoms. The highest BCUT2D eigenvalue weighted by molar-refractivity contribution is 6.32. The van der Waals surface area contributed by atoms with Gasteiger partial charge in [0.25, 0.3) is 11.8 Å². The van der Waals surface area contributed by atoms with E-state index in [1.807, 2.05) is 6.07 Å². The summed E-state index contributed by atoms with van der Waals surface area (Å²) < 4.78 is 5.15. The number of halogens is 1. The maximum absolute atomic E-state index is 12.8. The number of furan rings is 1. The number of hydrogen-bond acceptors (Lipinski definition) is 4. The van der Waals surface area contributed by atoms with Gasteiger partial charge in [-0.25, -0.2) is 4.98 Å². The Labute approximate surface area is 150 Å². The summed E-state index contributed by atoms with van der Waals surface area (Å²) in [6, 6.07) is 5.23. The number of piperazine rings is 1. The van der Waals surface area contributed by atoms with Crippen LogP contribution < -0.4 is 0 Å². The number of rotatable bonds is 2. The van der Waals surface area contributed by atoms with Gasteiger partial charge in [0.2, 0.25) is 0 Å². The molecule has 130 valence electrons. The molecular formula is C18H18ClN3O3. The van der Waals surface area contributed by atoms with Crippen LogP contribution in [0.15, 0.2) is 28.9 Å².